The zero-order valence-corrected chi connectivity index (χ0v) is 25.8. The van der Waals surface area contributed by atoms with Gasteiger partial charge in [-0.2, -0.15) is 0 Å². The summed E-state index contributed by atoms with van der Waals surface area (Å²) in [6.07, 6.45) is 8.03. The maximum Gasteiger partial charge on any atom is 0.439 e. The Morgan fingerprint density at radius 2 is 1.84 bits per heavy atom. The van der Waals surface area contributed by atoms with Gasteiger partial charge < -0.3 is 19.7 Å². The molecule has 2 fully saturated rings. The molecule has 43 heavy (non-hydrogen) atoms. The minimum atomic E-state index is -0.659. The number of carbonyl (C=O) groups excluding carboxylic acids is 1. The number of nitrogens with one attached hydrogen (secondary N) is 2. The fourth-order valence-corrected chi connectivity index (χ4v) is 6.81. The van der Waals surface area contributed by atoms with Crippen LogP contribution < -0.4 is 16.0 Å². The third-order valence-electron chi connectivity index (χ3n) is 8.71. The Hall–Kier alpha value is -3.93. The molecule has 12 nitrogen and oxygen atoms in total. The fraction of sp³-hybridized carbons (Fsp3) is 0.533. The van der Waals surface area contributed by atoms with E-state index in [1.807, 2.05) is 24.0 Å². The smallest absolute Gasteiger partial charge is 0.338 e. The summed E-state index contributed by atoms with van der Waals surface area (Å²) in [5.74, 6) is 1.63. The first-order valence-electron chi connectivity index (χ1n) is 15.1. The highest BCUT2D eigenvalue weighted by Crippen LogP contribution is 2.38. The number of rotatable bonds is 6. The third-order valence-corrected chi connectivity index (χ3v) is 8.91. The van der Waals surface area contributed by atoms with Gasteiger partial charge in [-0.25, -0.2) is 19.6 Å². The molecule has 2 aliphatic rings. The largest absolute Gasteiger partial charge is 0.439 e. The Kier molecular flexibility index (Phi) is 8.13. The summed E-state index contributed by atoms with van der Waals surface area (Å²) in [7, 11) is 0. The molecule has 0 unspecified atom stereocenters. The Bertz CT molecular complexity index is 1660. The van der Waals surface area contributed by atoms with E-state index >= 15 is 0 Å². The van der Waals surface area contributed by atoms with E-state index in [4.69, 9.17) is 26.1 Å². The highest BCUT2D eigenvalue weighted by Gasteiger charge is 2.36. The number of hydrogen-bond donors (Lipinski definition) is 2. The van der Waals surface area contributed by atoms with Gasteiger partial charge in [0.1, 0.15) is 5.69 Å². The third kappa shape index (κ3) is 5.84. The quantitative estimate of drug-likeness (QED) is 0.314. The van der Waals surface area contributed by atoms with Gasteiger partial charge in [0.05, 0.1) is 21.7 Å². The molecule has 5 heterocycles. The Labute approximate surface area is 254 Å². The van der Waals surface area contributed by atoms with Crippen LogP contribution >= 0.6 is 11.6 Å². The van der Waals surface area contributed by atoms with Crippen molar-refractivity contribution in [1.29, 1.82) is 0 Å². The topological polar surface area (TPSA) is 138 Å². The number of carbonyl (C=O) groups is 1. The van der Waals surface area contributed by atoms with Gasteiger partial charge in [-0.05, 0) is 57.6 Å². The summed E-state index contributed by atoms with van der Waals surface area (Å²) in [5.41, 5.74) is 3.40. The van der Waals surface area contributed by atoms with E-state index in [9.17, 15) is 9.59 Å². The Balaban J connectivity index is 1.53. The number of urea groups is 1. The molecule has 0 bridgehead atoms. The SMILES string of the molecule is CCNC(=O)N1C[C@@H](C)N(c2nc3cc(-c4noc(=O)[nH]4)nc(-c4cncc(Cl)c4)c3n2CC2CCC(C)CC2)[C@H](C)C1. The highest BCUT2D eigenvalue weighted by molar-refractivity contribution is 6.30. The summed E-state index contributed by atoms with van der Waals surface area (Å²) in [4.78, 5) is 46.0. The minimum absolute atomic E-state index is 0.0175. The highest BCUT2D eigenvalue weighted by atomic mass is 35.5. The predicted molar refractivity (Wildman–Crippen MR) is 165 cm³/mol. The molecule has 2 amide bonds. The number of anilines is 1. The summed E-state index contributed by atoms with van der Waals surface area (Å²) in [5, 5.41) is 7.32. The van der Waals surface area contributed by atoms with Crippen molar-refractivity contribution in [3.63, 3.8) is 0 Å². The molecule has 228 valence electrons. The van der Waals surface area contributed by atoms with Gasteiger partial charge in [0.15, 0.2) is 0 Å². The van der Waals surface area contributed by atoms with Crippen molar-refractivity contribution in [2.24, 2.45) is 11.8 Å². The second kappa shape index (κ2) is 12.0. The molecule has 13 heteroatoms. The molecule has 1 saturated carbocycles. The van der Waals surface area contributed by atoms with E-state index < -0.39 is 5.76 Å². The lowest BCUT2D eigenvalue weighted by Crippen LogP contribution is -2.60. The van der Waals surface area contributed by atoms with Crippen molar-refractivity contribution in [3.8, 4) is 22.8 Å². The summed E-state index contributed by atoms with van der Waals surface area (Å²) < 4.78 is 7.11. The van der Waals surface area contributed by atoms with Crippen molar-refractivity contribution < 1.29 is 9.32 Å². The van der Waals surface area contributed by atoms with Crippen molar-refractivity contribution in [3.05, 3.63) is 40.1 Å². The predicted octanol–water partition coefficient (Wildman–Crippen LogP) is 4.94. The fourth-order valence-electron chi connectivity index (χ4n) is 6.63. The van der Waals surface area contributed by atoms with Crippen molar-refractivity contribution in [2.75, 3.05) is 24.5 Å². The molecule has 0 radical (unpaired) electrons. The lowest BCUT2D eigenvalue weighted by Gasteiger charge is -2.45. The number of H-pyrrole nitrogens is 1. The van der Waals surface area contributed by atoms with Gasteiger partial charge in [-0.1, -0.05) is 36.5 Å². The zero-order chi connectivity index (χ0) is 30.2. The van der Waals surface area contributed by atoms with Gasteiger partial charge in [0.25, 0.3) is 0 Å². The van der Waals surface area contributed by atoms with Crippen LogP contribution in [0.2, 0.25) is 5.02 Å². The normalized spacial score (nSPS) is 22.7. The lowest BCUT2D eigenvalue weighted by atomic mass is 9.83. The molecule has 0 aromatic carbocycles. The number of imidazole rings is 1. The van der Waals surface area contributed by atoms with E-state index in [2.05, 4.69) is 50.7 Å². The van der Waals surface area contributed by atoms with Crippen molar-refractivity contribution in [2.45, 2.75) is 72.0 Å². The molecule has 1 aliphatic heterocycles. The standard InChI is InChI=1S/C30H38ClN9O3/c1-5-33-29(41)38-14-18(3)40(19(4)15-38)28-35-23-11-24(27-36-30(42)43-37-27)34-25(21-10-22(31)13-32-12-21)26(23)39(28)16-20-8-6-17(2)7-9-20/h10-13,17-20H,5-9,14-16H2,1-4H3,(H,33,41)(H,36,37,42)/t17?,18-,19-,20?/m1/s1. The van der Waals surface area contributed by atoms with E-state index in [1.165, 1.54) is 12.8 Å². The number of halogens is 1. The molecule has 1 saturated heterocycles. The van der Waals surface area contributed by atoms with Gasteiger partial charge in [-0.15, -0.1) is 0 Å². The molecule has 2 N–H and O–H groups in total. The van der Waals surface area contributed by atoms with Crippen molar-refractivity contribution >= 4 is 34.6 Å². The molecule has 4 aromatic heterocycles. The first kappa shape index (κ1) is 29.2. The van der Waals surface area contributed by atoms with Crippen molar-refractivity contribution in [1.82, 2.24) is 39.9 Å². The summed E-state index contributed by atoms with van der Waals surface area (Å²) >= 11 is 6.41. The van der Waals surface area contributed by atoms with E-state index in [-0.39, 0.29) is 23.9 Å². The molecule has 2 atom stereocenters. The maximum atomic E-state index is 12.7. The van der Waals surface area contributed by atoms with Gasteiger partial charge in [0.2, 0.25) is 11.8 Å². The monoisotopic (exact) mass is 607 g/mol. The molecule has 0 spiro atoms. The summed E-state index contributed by atoms with van der Waals surface area (Å²) in [6, 6.07) is 3.67. The number of piperazine rings is 1. The molecular formula is C30H38ClN9O3. The number of nitrogens with zero attached hydrogens (tertiary/aromatic N) is 7. The zero-order valence-electron chi connectivity index (χ0n) is 25.0. The minimum Gasteiger partial charge on any atom is -0.338 e. The van der Waals surface area contributed by atoms with Crippen LogP contribution in [-0.2, 0) is 6.54 Å². The Morgan fingerprint density at radius 1 is 1.09 bits per heavy atom. The average molecular weight is 608 g/mol. The van der Waals surface area contributed by atoms with E-state index in [0.717, 1.165) is 42.3 Å². The van der Waals surface area contributed by atoms with Crippen LogP contribution in [-0.4, -0.2) is 72.3 Å². The maximum absolute atomic E-state index is 12.7. The van der Waals surface area contributed by atoms with Gasteiger partial charge in [0, 0.05) is 56.2 Å². The second-order valence-electron chi connectivity index (χ2n) is 12.1. The van der Waals surface area contributed by atoms with Crippen LogP contribution in [0.5, 0.6) is 0 Å². The van der Waals surface area contributed by atoms with Gasteiger partial charge in [-0.3, -0.25) is 14.5 Å². The number of hydrogen-bond acceptors (Lipinski definition) is 8. The molecule has 6 rings (SSSR count). The molecular weight excluding hydrogens is 570 g/mol. The molecule has 4 aromatic rings. The van der Waals surface area contributed by atoms with Crippen LogP contribution in [0.25, 0.3) is 33.8 Å². The van der Waals surface area contributed by atoms with Crippen LogP contribution in [0, 0.1) is 11.8 Å². The second-order valence-corrected chi connectivity index (χ2v) is 12.5. The number of amides is 2. The number of aromatic nitrogens is 6. The first-order valence-corrected chi connectivity index (χ1v) is 15.5. The van der Waals surface area contributed by atoms with Gasteiger partial charge >= 0.3 is 11.8 Å². The lowest BCUT2D eigenvalue weighted by molar-refractivity contribution is 0.176. The van der Waals surface area contributed by atoms with Crippen LogP contribution in [0.4, 0.5) is 10.7 Å². The first-order chi connectivity index (χ1) is 20.7. The number of pyridine rings is 2. The van der Waals surface area contributed by atoms with Crippen LogP contribution in [0.3, 0.4) is 0 Å². The Morgan fingerprint density at radius 3 is 2.49 bits per heavy atom. The van der Waals surface area contributed by atoms with E-state index in [1.54, 1.807) is 12.4 Å². The average Bonchev–Trinajstić information content (AvgIpc) is 3.57. The number of aromatic amines is 1. The van der Waals surface area contributed by atoms with Crippen LogP contribution in [0.1, 0.15) is 53.4 Å². The summed E-state index contributed by atoms with van der Waals surface area (Å²) in [6.45, 7) is 11.1. The van der Waals surface area contributed by atoms with E-state index in [0.29, 0.717) is 47.5 Å². The van der Waals surface area contributed by atoms with Crippen LogP contribution in [0.15, 0.2) is 33.8 Å². The molecule has 1 aliphatic carbocycles. The number of fused-ring (bicyclic) bond motifs is 1.